The van der Waals surface area contributed by atoms with E-state index in [-0.39, 0.29) is 35.0 Å². The zero-order valence-electron chi connectivity index (χ0n) is 16.5. The minimum atomic E-state index is -3.78. The van der Waals surface area contributed by atoms with Crippen LogP contribution in [0.5, 0.6) is 0 Å². The first-order chi connectivity index (χ1) is 14.8. The van der Waals surface area contributed by atoms with Crippen molar-refractivity contribution in [2.24, 2.45) is 0 Å². The second-order valence-corrected chi connectivity index (χ2v) is 10.3. The molecule has 3 rings (SSSR count). The van der Waals surface area contributed by atoms with Crippen LogP contribution in [0.15, 0.2) is 37.5 Å². The molecule has 0 saturated carbocycles. The molecule has 16 heteroatoms. The lowest BCUT2D eigenvalue weighted by molar-refractivity contribution is -0.138. The fourth-order valence-corrected chi connectivity index (χ4v) is 3.18. The molecule has 2 N–H and O–H groups in total. The van der Waals surface area contributed by atoms with Crippen molar-refractivity contribution in [1.82, 2.24) is 20.4 Å². The van der Waals surface area contributed by atoms with Crippen LogP contribution < -0.4 is 5.32 Å². The van der Waals surface area contributed by atoms with E-state index in [4.69, 9.17) is 13.9 Å². The van der Waals surface area contributed by atoms with Crippen LogP contribution in [0.2, 0.25) is 0 Å². The second-order valence-electron chi connectivity index (χ2n) is 6.53. The number of hydrogen-bond acceptors (Lipinski definition) is 12. The van der Waals surface area contributed by atoms with Crippen LogP contribution in [0.1, 0.15) is 12.8 Å². The topological polar surface area (TPSA) is 213 Å². The van der Waals surface area contributed by atoms with E-state index >= 15 is 0 Å². The third kappa shape index (κ3) is 5.52. The lowest BCUT2D eigenvalue weighted by Crippen LogP contribution is -2.13. The Hall–Kier alpha value is -3.66. The number of nitrogens with one attached hydrogen (secondary N) is 1. The second kappa shape index (κ2) is 8.46. The monoisotopic (exact) mass is 485 g/mol. The van der Waals surface area contributed by atoms with E-state index in [1.54, 1.807) is 0 Å². The molecule has 0 spiro atoms. The molecule has 0 bridgehead atoms. The number of sulfone groups is 2. The van der Waals surface area contributed by atoms with Crippen molar-refractivity contribution in [2.75, 3.05) is 17.8 Å². The summed E-state index contributed by atoms with van der Waals surface area (Å²) in [6.45, 7) is 0. The number of nitrogens with zero attached hydrogens (tertiary/aromatic N) is 4. The SMILES string of the molecule is CS(=O)(=O)c1nnc(-c2cc(NC(=O)CCC(=O)O)cc(-c3nnc(S(C)(=O)=O)o3)c2)o1. The van der Waals surface area contributed by atoms with Crippen molar-refractivity contribution in [3.63, 3.8) is 0 Å². The maximum atomic E-state index is 12.0. The Morgan fingerprint density at radius 1 is 0.844 bits per heavy atom. The van der Waals surface area contributed by atoms with Gasteiger partial charge in [0.2, 0.25) is 37.4 Å². The van der Waals surface area contributed by atoms with Crippen molar-refractivity contribution in [2.45, 2.75) is 23.3 Å². The highest BCUT2D eigenvalue weighted by molar-refractivity contribution is 7.90. The Kier molecular flexibility index (Phi) is 6.09. The van der Waals surface area contributed by atoms with Gasteiger partial charge in [-0.05, 0) is 18.2 Å². The highest BCUT2D eigenvalue weighted by Gasteiger charge is 2.21. The van der Waals surface area contributed by atoms with Crippen LogP contribution in [-0.2, 0) is 29.3 Å². The summed E-state index contributed by atoms with van der Waals surface area (Å²) >= 11 is 0. The van der Waals surface area contributed by atoms with Gasteiger partial charge in [0.05, 0.1) is 6.42 Å². The number of anilines is 1. The molecule has 0 aliphatic rings. The number of carbonyl (C=O) groups is 2. The Bertz CT molecular complexity index is 1320. The first-order valence-electron chi connectivity index (χ1n) is 8.57. The van der Waals surface area contributed by atoms with Crippen molar-refractivity contribution < 1.29 is 40.4 Å². The lowest BCUT2D eigenvalue weighted by Gasteiger charge is -2.08. The smallest absolute Gasteiger partial charge is 0.335 e. The summed E-state index contributed by atoms with van der Waals surface area (Å²) in [6.07, 6.45) is 1.04. The number of carboxylic acids is 1. The molecule has 3 aromatic rings. The van der Waals surface area contributed by atoms with Crippen LogP contribution in [0.25, 0.3) is 22.9 Å². The molecular formula is C16H15N5O9S2. The van der Waals surface area contributed by atoms with Crippen LogP contribution in [-0.4, -0.2) is 66.7 Å². The van der Waals surface area contributed by atoms with E-state index in [0.717, 1.165) is 12.5 Å². The molecule has 14 nitrogen and oxygen atoms in total. The molecule has 0 atom stereocenters. The van der Waals surface area contributed by atoms with Crippen molar-refractivity contribution in [1.29, 1.82) is 0 Å². The number of rotatable bonds is 8. The molecule has 2 aromatic heterocycles. The number of hydrogen-bond donors (Lipinski definition) is 2. The maximum absolute atomic E-state index is 12.0. The predicted molar refractivity (Wildman–Crippen MR) is 105 cm³/mol. The summed E-state index contributed by atoms with van der Waals surface area (Å²) in [4.78, 5) is 22.7. The number of benzene rings is 1. The molecular weight excluding hydrogens is 470 g/mol. The van der Waals surface area contributed by atoms with Gasteiger partial charge in [-0.3, -0.25) is 9.59 Å². The van der Waals surface area contributed by atoms with Gasteiger partial charge in [0, 0.05) is 35.7 Å². The van der Waals surface area contributed by atoms with Crippen molar-refractivity contribution in [3.8, 4) is 22.9 Å². The van der Waals surface area contributed by atoms with Gasteiger partial charge in [-0.1, -0.05) is 10.2 Å². The third-order valence-corrected chi connectivity index (χ3v) is 5.32. The molecule has 0 saturated heterocycles. The highest BCUT2D eigenvalue weighted by atomic mass is 32.2. The molecule has 32 heavy (non-hydrogen) atoms. The molecule has 0 radical (unpaired) electrons. The molecule has 0 aliphatic heterocycles. The predicted octanol–water partition coefficient (Wildman–Crippen LogP) is 0.397. The summed E-state index contributed by atoms with van der Waals surface area (Å²) in [5, 5.41) is 24.2. The largest absolute Gasteiger partial charge is 0.481 e. The van der Waals surface area contributed by atoms with Crippen LogP contribution in [0.3, 0.4) is 0 Å². The van der Waals surface area contributed by atoms with Gasteiger partial charge >= 0.3 is 16.4 Å². The molecule has 0 aliphatic carbocycles. The molecule has 0 unspecified atom stereocenters. The van der Waals surface area contributed by atoms with E-state index in [9.17, 15) is 26.4 Å². The fraction of sp³-hybridized carbons (Fsp3) is 0.250. The Morgan fingerprint density at radius 2 is 1.31 bits per heavy atom. The van der Waals surface area contributed by atoms with Crippen molar-refractivity contribution in [3.05, 3.63) is 18.2 Å². The standard InChI is InChI=1S/C16H15N5O9S2/c1-31(25,26)15-20-18-13(29-15)8-5-9(14-19-21-16(30-14)32(2,27)28)7-10(6-8)17-11(22)3-4-12(23)24/h5-7H,3-4H2,1-2H3,(H,17,22)(H,23,24). The number of aromatic nitrogens is 4. The van der Waals surface area contributed by atoms with E-state index < -0.39 is 48.4 Å². The maximum Gasteiger partial charge on any atom is 0.335 e. The number of carbonyl (C=O) groups excluding carboxylic acids is 1. The van der Waals surface area contributed by atoms with Crippen LogP contribution in [0.4, 0.5) is 5.69 Å². The summed E-state index contributed by atoms with van der Waals surface area (Å²) in [6, 6.07) is 4.08. The zero-order valence-corrected chi connectivity index (χ0v) is 18.1. The molecule has 1 aromatic carbocycles. The van der Waals surface area contributed by atoms with Gasteiger partial charge in [-0.2, -0.15) is 0 Å². The van der Waals surface area contributed by atoms with Crippen LogP contribution in [0, 0.1) is 0 Å². The minimum absolute atomic E-state index is 0.117. The average Bonchev–Trinajstić information content (AvgIpc) is 3.35. The van der Waals surface area contributed by atoms with Crippen molar-refractivity contribution >= 4 is 37.2 Å². The normalized spacial score (nSPS) is 11.9. The van der Waals surface area contributed by atoms with Gasteiger partial charge in [0.25, 0.3) is 0 Å². The van der Waals surface area contributed by atoms with Gasteiger partial charge in [-0.25, -0.2) is 16.8 Å². The van der Waals surface area contributed by atoms with Gasteiger partial charge in [0.15, 0.2) is 0 Å². The number of amides is 1. The van der Waals surface area contributed by atoms with E-state index in [0.29, 0.717) is 0 Å². The fourth-order valence-electron chi connectivity index (χ4n) is 2.34. The Labute approximate surface area is 180 Å². The third-order valence-electron chi connectivity index (χ3n) is 3.72. The average molecular weight is 485 g/mol. The molecule has 2 heterocycles. The number of carboxylic acid groups (broad SMARTS) is 1. The van der Waals surface area contributed by atoms with Crippen LogP contribution >= 0.6 is 0 Å². The highest BCUT2D eigenvalue weighted by Crippen LogP contribution is 2.30. The van der Waals surface area contributed by atoms with Gasteiger partial charge in [-0.15, -0.1) is 10.2 Å². The summed E-state index contributed by atoms with van der Waals surface area (Å²) in [5.41, 5.74) is 0.390. The lowest BCUT2D eigenvalue weighted by atomic mass is 10.1. The Balaban J connectivity index is 2.05. The summed E-state index contributed by atoms with van der Waals surface area (Å²) in [5.74, 6) is -2.24. The van der Waals surface area contributed by atoms with E-state index in [1.807, 2.05) is 0 Å². The molecule has 0 fully saturated rings. The van der Waals surface area contributed by atoms with Gasteiger partial charge in [0.1, 0.15) is 0 Å². The summed E-state index contributed by atoms with van der Waals surface area (Å²) < 4.78 is 56.8. The minimum Gasteiger partial charge on any atom is -0.481 e. The van der Waals surface area contributed by atoms with E-state index in [2.05, 4.69) is 25.7 Å². The first-order valence-corrected chi connectivity index (χ1v) is 12.4. The zero-order chi connectivity index (χ0) is 23.7. The quantitative estimate of drug-likeness (QED) is 0.442. The first kappa shape index (κ1) is 23.0. The number of aliphatic carboxylic acids is 1. The molecule has 170 valence electrons. The molecule has 1 amide bonds. The Morgan fingerprint density at radius 3 is 1.69 bits per heavy atom. The van der Waals surface area contributed by atoms with Gasteiger partial charge < -0.3 is 19.3 Å². The summed E-state index contributed by atoms with van der Waals surface area (Å²) in [7, 11) is -7.57. The van der Waals surface area contributed by atoms with E-state index in [1.165, 1.54) is 18.2 Å².